The van der Waals surface area contributed by atoms with Crippen molar-refractivity contribution in [3.63, 3.8) is 0 Å². The monoisotopic (exact) mass is 506 g/mol. The molecule has 180 valence electrons. The number of rotatable bonds is 6. The first-order chi connectivity index (χ1) is 16.7. The van der Waals surface area contributed by atoms with Gasteiger partial charge in [-0.1, -0.05) is 86.4 Å². The van der Waals surface area contributed by atoms with Crippen LogP contribution in [0, 0.1) is 12.8 Å². The number of carbonyl (C=O) groups is 2. The van der Waals surface area contributed by atoms with Gasteiger partial charge in [0.15, 0.2) is 0 Å². The summed E-state index contributed by atoms with van der Waals surface area (Å²) in [6.07, 6.45) is 1.77. The van der Waals surface area contributed by atoms with Crippen LogP contribution in [0.2, 0.25) is 0 Å². The van der Waals surface area contributed by atoms with Gasteiger partial charge in [-0.15, -0.1) is 0 Å². The molecular formula is C26H26N4O3S2. The number of amides is 2. The maximum atomic E-state index is 13.5. The van der Waals surface area contributed by atoms with Gasteiger partial charge in [-0.05, 0) is 36.6 Å². The van der Waals surface area contributed by atoms with E-state index in [0.717, 1.165) is 5.56 Å². The van der Waals surface area contributed by atoms with Gasteiger partial charge in [0.1, 0.15) is 16.0 Å². The van der Waals surface area contributed by atoms with Gasteiger partial charge in [-0.2, -0.15) is 0 Å². The Balaban J connectivity index is 1.65. The van der Waals surface area contributed by atoms with Crippen LogP contribution in [0.15, 0.2) is 70.4 Å². The number of anilines is 1. The van der Waals surface area contributed by atoms with E-state index in [1.54, 1.807) is 24.7 Å². The lowest BCUT2D eigenvalue weighted by molar-refractivity contribution is -0.131. The summed E-state index contributed by atoms with van der Waals surface area (Å²) in [7, 11) is 1.76. The summed E-state index contributed by atoms with van der Waals surface area (Å²) in [6.45, 7) is 5.47. The third-order valence-electron chi connectivity index (χ3n) is 5.90. The summed E-state index contributed by atoms with van der Waals surface area (Å²) in [4.78, 5) is 41.9. The Kier molecular flexibility index (Phi) is 7.09. The number of para-hydroxylation sites is 1. The van der Waals surface area contributed by atoms with E-state index in [0.29, 0.717) is 20.6 Å². The molecule has 9 heteroatoms. The van der Waals surface area contributed by atoms with Crippen molar-refractivity contribution in [1.29, 1.82) is 0 Å². The summed E-state index contributed by atoms with van der Waals surface area (Å²) in [5, 5.41) is 2.80. The van der Waals surface area contributed by atoms with E-state index in [9.17, 15) is 14.4 Å². The van der Waals surface area contributed by atoms with E-state index >= 15 is 0 Å². The van der Waals surface area contributed by atoms with Gasteiger partial charge < -0.3 is 5.32 Å². The predicted octanol–water partition coefficient (Wildman–Crippen LogP) is 4.35. The van der Waals surface area contributed by atoms with Gasteiger partial charge in [0.05, 0.1) is 16.3 Å². The second kappa shape index (κ2) is 10.1. The van der Waals surface area contributed by atoms with Crippen molar-refractivity contribution in [1.82, 2.24) is 14.3 Å². The number of nitrogens with zero attached hydrogens (tertiary/aromatic N) is 3. The Morgan fingerprint density at radius 1 is 1.03 bits per heavy atom. The van der Waals surface area contributed by atoms with Crippen LogP contribution in [0.4, 0.5) is 5.69 Å². The quantitative estimate of drug-likeness (QED) is 0.397. The molecule has 0 aliphatic carbocycles. The Hall–Kier alpha value is -3.43. The van der Waals surface area contributed by atoms with E-state index in [4.69, 9.17) is 12.2 Å². The number of benzene rings is 2. The van der Waals surface area contributed by atoms with Crippen LogP contribution in [-0.2, 0) is 16.6 Å². The highest BCUT2D eigenvalue weighted by atomic mass is 32.2. The van der Waals surface area contributed by atoms with E-state index < -0.39 is 11.9 Å². The first kappa shape index (κ1) is 24.7. The van der Waals surface area contributed by atoms with E-state index in [-0.39, 0.29) is 23.1 Å². The molecule has 2 heterocycles. The number of thioether (sulfide) groups is 1. The summed E-state index contributed by atoms with van der Waals surface area (Å²) in [5.74, 6) is -1.01. The van der Waals surface area contributed by atoms with Crippen molar-refractivity contribution < 1.29 is 9.59 Å². The highest BCUT2D eigenvalue weighted by Crippen LogP contribution is 2.35. The minimum atomic E-state index is -0.867. The number of aromatic nitrogens is 2. The van der Waals surface area contributed by atoms with Gasteiger partial charge in [0, 0.05) is 7.05 Å². The number of hydrogen-bond donors (Lipinski definition) is 1. The predicted molar refractivity (Wildman–Crippen MR) is 144 cm³/mol. The topological polar surface area (TPSA) is 76.3 Å². The van der Waals surface area contributed by atoms with Crippen molar-refractivity contribution in [3.8, 4) is 5.69 Å². The second-order valence-electron chi connectivity index (χ2n) is 8.58. The molecule has 35 heavy (non-hydrogen) atoms. The first-order valence-corrected chi connectivity index (χ1v) is 12.4. The first-order valence-electron chi connectivity index (χ1n) is 11.2. The lowest BCUT2D eigenvalue weighted by Crippen LogP contribution is -2.49. The van der Waals surface area contributed by atoms with Crippen molar-refractivity contribution in [2.24, 2.45) is 13.0 Å². The Bertz CT molecular complexity index is 1370. The van der Waals surface area contributed by atoms with E-state index in [2.05, 4.69) is 5.32 Å². The third-order valence-corrected chi connectivity index (χ3v) is 7.23. The average Bonchev–Trinajstić information content (AvgIpc) is 3.22. The molecule has 1 fully saturated rings. The molecule has 4 rings (SSSR count). The molecule has 1 aliphatic rings. The second-order valence-corrected chi connectivity index (χ2v) is 10.3. The minimum Gasteiger partial charge on any atom is -0.318 e. The molecule has 1 atom stereocenters. The maximum Gasteiger partial charge on any atom is 0.295 e. The highest BCUT2D eigenvalue weighted by molar-refractivity contribution is 8.26. The zero-order valence-electron chi connectivity index (χ0n) is 19.9. The average molecular weight is 507 g/mol. The maximum absolute atomic E-state index is 13.5. The van der Waals surface area contributed by atoms with Crippen molar-refractivity contribution in [2.75, 3.05) is 5.32 Å². The largest absolute Gasteiger partial charge is 0.318 e. The Labute approximate surface area is 213 Å². The summed E-state index contributed by atoms with van der Waals surface area (Å²) in [5.41, 5.74) is 2.00. The summed E-state index contributed by atoms with van der Waals surface area (Å²) in [6, 6.07) is 17.8. The molecule has 0 spiro atoms. The molecule has 0 saturated carbocycles. The minimum absolute atomic E-state index is 0.178. The van der Waals surface area contributed by atoms with Crippen LogP contribution >= 0.6 is 24.0 Å². The molecule has 1 aromatic heterocycles. The smallest absolute Gasteiger partial charge is 0.295 e. The van der Waals surface area contributed by atoms with Crippen molar-refractivity contribution in [2.45, 2.75) is 26.8 Å². The fraction of sp³-hybridized carbons (Fsp3) is 0.231. The number of carbonyl (C=O) groups excluding carboxylic acids is 2. The van der Waals surface area contributed by atoms with Crippen molar-refractivity contribution >= 4 is 51.9 Å². The van der Waals surface area contributed by atoms with Crippen LogP contribution in [0.3, 0.4) is 0 Å². The van der Waals surface area contributed by atoms with Gasteiger partial charge in [0.25, 0.3) is 11.5 Å². The molecule has 0 unspecified atom stereocenters. The van der Waals surface area contributed by atoms with E-state index in [1.165, 1.54) is 21.3 Å². The standard InChI is InChI=1S/C26H26N4O3S2/c1-16(2)22(29-24(32)20(35-26(29)34)15-18-11-7-5-8-12-18)23(31)27-21-17(3)28(4)30(25(21)33)19-13-9-6-10-14-19/h5-16,22H,1-4H3,(H,27,31)/b20-15+/t22-/m1/s1. The third kappa shape index (κ3) is 4.74. The van der Waals surface area contributed by atoms with Gasteiger partial charge >= 0.3 is 0 Å². The van der Waals surface area contributed by atoms with Crippen LogP contribution in [0.1, 0.15) is 25.1 Å². The summed E-state index contributed by atoms with van der Waals surface area (Å²) >= 11 is 6.68. The summed E-state index contributed by atoms with van der Waals surface area (Å²) < 4.78 is 3.51. The van der Waals surface area contributed by atoms with E-state index in [1.807, 2.05) is 74.5 Å². The zero-order valence-corrected chi connectivity index (χ0v) is 21.5. The lowest BCUT2D eigenvalue weighted by atomic mass is 10.0. The molecule has 7 nitrogen and oxygen atoms in total. The fourth-order valence-electron chi connectivity index (χ4n) is 4.05. The SMILES string of the molecule is Cc1c(NC(=O)[C@@H](C(C)C)N2C(=O)/C(=C\c3ccccc3)SC2=S)c(=O)n(-c2ccccc2)n1C. The Morgan fingerprint density at radius 3 is 2.23 bits per heavy atom. The van der Waals surface area contributed by atoms with Gasteiger partial charge in [-0.3, -0.25) is 24.0 Å². The van der Waals surface area contributed by atoms with Gasteiger partial charge in [-0.25, -0.2) is 4.68 Å². The molecular weight excluding hydrogens is 480 g/mol. The Morgan fingerprint density at radius 2 is 1.63 bits per heavy atom. The number of hydrogen-bond acceptors (Lipinski definition) is 5. The molecule has 3 aromatic rings. The fourth-order valence-corrected chi connectivity index (χ4v) is 5.38. The normalized spacial score (nSPS) is 15.8. The molecule has 1 saturated heterocycles. The molecule has 0 bridgehead atoms. The number of nitrogens with one attached hydrogen (secondary N) is 1. The van der Waals surface area contributed by atoms with Crippen molar-refractivity contribution in [3.05, 3.63) is 87.2 Å². The van der Waals surface area contributed by atoms with Gasteiger partial charge in [0.2, 0.25) is 5.91 Å². The lowest BCUT2D eigenvalue weighted by Gasteiger charge is -2.28. The zero-order chi connectivity index (χ0) is 25.3. The van der Waals surface area contributed by atoms with Crippen LogP contribution in [-0.4, -0.2) is 36.4 Å². The molecule has 2 amide bonds. The molecule has 1 N–H and O–H groups in total. The van der Waals surface area contributed by atoms with Crippen LogP contribution < -0.4 is 10.9 Å². The van der Waals surface area contributed by atoms with Crippen LogP contribution in [0.25, 0.3) is 11.8 Å². The van der Waals surface area contributed by atoms with Crippen LogP contribution in [0.5, 0.6) is 0 Å². The molecule has 0 radical (unpaired) electrons. The highest BCUT2D eigenvalue weighted by Gasteiger charge is 2.42. The molecule has 2 aromatic carbocycles. The number of thiocarbonyl (C=S) groups is 1. The molecule has 1 aliphatic heterocycles.